The molecule has 2 aromatic rings. The van der Waals surface area contributed by atoms with Gasteiger partial charge in [0.1, 0.15) is 11.6 Å². The van der Waals surface area contributed by atoms with E-state index in [1.54, 1.807) is 19.1 Å². The molecule has 0 saturated carbocycles. The normalized spacial score (nSPS) is 11.1. The van der Waals surface area contributed by atoms with Crippen LogP contribution in [-0.4, -0.2) is 18.2 Å². The van der Waals surface area contributed by atoms with Crippen molar-refractivity contribution in [2.75, 3.05) is 11.9 Å². The van der Waals surface area contributed by atoms with E-state index < -0.39 is 0 Å². The highest BCUT2D eigenvalue weighted by atomic mass is 19.1. The quantitative estimate of drug-likeness (QED) is 0.659. The number of hydrogen-bond acceptors (Lipinski definition) is 3. The van der Waals surface area contributed by atoms with Gasteiger partial charge in [0.2, 0.25) is 0 Å². The molecular formula is C16H15F2N3O. The van der Waals surface area contributed by atoms with Gasteiger partial charge < -0.3 is 5.32 Å². The minimum absolute atomic E-state index is 0.00578. The average Bonchev–Trinajstić information content (AvgIpc) is 2.52. The van der Waals surface area contributed by atoms with Crippen LogP contribution in [0.4, 0.5) is 14.5 Å². The highest BCUT2D eigenvalue weighted by Crippen LogP contribution is 2.07. The number of carbonyl (C=O) groups is 1. The zero-order valence-corrected chi connectivity index (χ0v) is 11.9. The Hall–Kier alpha value is -2.76. The topological polar surface area (TPSA) is 53.5 Å². The number of nitrogens with zero attached hydrogens (tertiary/aromatic N) is 1. The fourth-order valence-corrected chi connectivity index (χ4v) is 1.69. The second kappa shape index (κ2) is 7.31. The molecule has 1 amide bonds. The van der Waals surface area contributed by atoms with Crippen LogP contribution in [0.2, 0.25) is 0 Å². The molecule has 2 rings (SSSR count). The number of amides is 1. The van der Waals surface area contributed by atoms with E-state index in [1.807, 2.05) is 0 Å². The Morgan fingerprint density at radius 3 is 2.14 bits per heavy atom. The second-order valence-electron chi connectivity index (χ2n) is 4.60. The van der Waals surface area contributed by atoms with Gasteiger partial charge in [0, 0.05) is 5.69 Å². The van der Waals surface area contributed by atoms with E-state index in [0.29, 0.717) is 17.0 Å². The van der Waals surface area contributed by atoms with Crippen molar-refractivity contribution < 1.29 is 13.6 Å². The molecule has 6 heteroatoms. The summed E-state index contributed by atoms with van der Waals surface area (Å²) < 4.78 is 25.5. The van der Waals surface area contributed by atoms with Crippen LogP contribution in [0.3, 0.4) is 0 Å². The Kier molecular flexibility index (Phi) is 5.19. The van der Waals surface area contributed by atoms with Crippen LogP contribution in [0.25, 0.3) is 0 Å². The molecule has 0 radical (unpaired) electrons. The molecule has 2 N–H and O–H groups in total. The Balaban J connectivity index is 1.85. The van der Waals surface area contributed by atoms with Gasteiger partial charge in [0.05, 0.1) is 12.3 Å². The lowest BCUT2D eigenvalue weighted by atomic mass is 10.1. The van der Waals surface area contributed by atoms with Crippen molar-refractivity contribution in [2.45, 2.75) is 6.92 Å². The largest absolute Gasteiger partial charge is 0.376 e. The predicted molar refractivity (Wildman–Crippen MR) is 81.6 cm³/mol. The van der Waals surface area contributed by atoms with E-state index in [0.717, 1.165) is 0 Å². The standard InChI is InChI=1S/C16H15F2N3O/c1-11(12-2-4-13(17)5-3-12)20-21-16(22)10-19-15-8-6-14(18)7-9-15/h2-9,19H,10H2,1H3,(H,21,22). The van der Waals surface area contributed by atoms with Crippen molar-refractivity contribution in [3.05, 3.63) is 65.7 Å². The molecule has 0 heterocycles. The predicted octanol–water partition coefficient (Wildman–Crippen LogP) is 2.92. The summed E-state index contributed by atoms with van der Waals surface area (Å²) in [7, 11) is 0. The summed E-state index contributed by atoms with van der Waals surface area (Å²) in [6.07, 6.45) is 0. The number of carbonyl (C=O) groups excluding carboxylic acids is 1. The molecule has 0 atom stereocenters. The molecule has 0 fully saturated rings. The van der Waals surface area contributed by atoms with Crippen molar-refractivity contribution >= 4 is 17.3 Å². The summed E-state index contributed by atoms with van der Waals surface area (Å²) in [5.74, 6) is -1.01. The third kappa shape index (κ3) is 4.66. The Bertz CT molecular complexity index is 667. The first kappa shape index (κ1) is 15.6. The second-order valence-corrected chi connectivity index (χ2v) is 4.60. The number of anilines is 1. The first-order valence-electron chi connectivity index (χ1n) is 6.63. The molecule has 0 aromatic heterocycles. The van der Waals surface area contributed by atoms with Crippen molar-refractivity contribution in [3.8, 4) is 0 Å². The number of hydrazone groups is 1. The summed E-state index contributed by atoms with van der Waals surface area (Å²) in [4.78, 5) is 11.7. The van der Waals surface area contributed by atoms with Crippen LogP contribution in [-0.2, 0) is 4.79 Å². The van der Waals surface area contributed by atoms with Gasteiger partial charge >= 0.3 is 0 Å². The number of halogens is 2. The van der Waals surface area contributed by atoms with Crippen LogP contribution in [0.1, 0.15) is 12.5 Å². The van der Waals surface area contributed by atoms with Crippen LogP contribution in [0.5, 0.6) is 0 Å². The maximum Gasteiger partial charge on any atom is 0.259 e. The molecule has 0 aliphatic heterocycles. The minimum atomic E-state index is -0.342. The summed E-state index contributed by atoms with van der Waals surface area (Å²) in [5, 5.41) is 6.79. The monoisotopic (exact) mass is 303 g/mol. The van der Waals surface area contributed by atoms with Gasteiger partial charge in [0.15, 0.2) is 0 Å². The number of rotatable bonds is 5. The smallest absolute Gasteiger partial charge is 0.259 e. The zero-order valence-electron chi connectivity index (χ0n) is 11.9. The van der Waals surface area contributed by atoms with Crippen molar-refractivity contribution in [2.24, 2.45) is 5.10 Å². The summed E-state index contributed by atoms with van der Waals surface area (Å²) in [6, 6.07) is 11.5. The lowest BCUT2D eigenvalue weighted by Crippen LogP contribution is -2.26. The zero-order chi connectivity index (χ0) is 15.9. The van der Waals surface area contributed by atoms with Crippen LogP contribution >= 0.6 is 0 Å². The molecule has 114 valence electrons. The van der Waals surface area contributed by atoms with Crippen LogP contribution < -0.4 is 10.7 Å². The van der Waals surface area contributed by atoms with Gasteiger partial charge in [-0.25, -0.2) is 14.2 Å². The molecular weight excluding hydrogens is 288 g/mol. The lowest BCUT2D eigenvalue weighted by Gasteiger charge is -2.06. The van der Waals surface area contributed by atoms with Crippen LogP contribution in [0.15, 0.2) is 53.6 Å². The SMILES string of the molecule is CC(=NNC(=O)CNc1ccc(F)cc1)c1ccc(F)cc1. The van der Waals surface area contributed by atoms with Crippen LogP contribution in [0, 0.1) is 11.6 Å². The van der Waals surface area contributed by atoms with Gasteiger partial charge in [-0.05, 0) is 48.9 Å². The molecule has 22 heavy (non-hydrogen) atoms. The fourth-order valence-electron chi connectivity index (χ4n) is 1.69. The summed E-state index contributed by atoms with van der Waals surface area (Å²) in [5.41, 5.74) is 4.31. The van der Waals surface area contributed by atoms with Gasteiger partial charge in [-0.3, -0.25) is 4.79 Å². The van der Waals surface area contributed by atoms with Crippen molar-refractivity contribution in [1.29, 1.82) is 0 Å². The van der Waals surface area contributed by atoms with Gasteiger partial charge in [-0.1, -0.05) is 12.1 Å². The van der Waals surface area contributed by atoms with Crippen molar-refractivity contribution in [3.63, 3.8) is 0 Å². The van der Waals surface area contributed by atoms with Gasteiger partial charge in [0.25, 0.3) is 5.91 Å². The maximum absolute atomic E-state index is 12.8. The highest BCUT2D eigenvalue weighted by Gasteiger charge is 2.02. The molecule has 0 unspecified atom stereocenters. The number of nitrogens with one attached hydrogen (secondary N) is 2. The summed E-state index contributed by atoms with van der Waals surface area (Å²) in [6.45, 7) is 1.72. The van der Waals surface area contributed by atoms with Gasteiger partial charge in [-0.15, -0.1) is 0 Å². The van der Waals surface area contributed by atoms with E-state index >= 15 is 0 Å². The molecule has 0 aliphatic carbocycles. The number of benzene rings is 2. The molecule has 0 aliphatic rings. The number of hydrogen-bond donors (Lipinski definition) is 2. The van der Waals surface area contributed by atoms with E-state index in [9.17, 15) is 13.6 Å². The van der Waals surface area contributed by atoms with Gasteiger partial charge in [-0.2, -0.15) is 5.10 Å². The van der Waals surface area contributed by atoms with E-state index in [2.05, 4.69) is 15.8 Å². The Labute approximate surface area is 126 Å². The molecule has 4 nitrogen and oxygen atoms in total. The van der Waals surface area contributed by atoms with E-state index in [1.165, 1.54) is 36.4 Å². The third-order valence-electron chi connectivity index (χ3n) is 2.91. The first-order valence-corrected chi connectivity index (χ1v) is 6.63. The lowest BCUT2D eigenvalue weighted by molar-refractivity contribution is -0.119. The summed E-state index contributed by atoms with van der Waals surface area (Å²) >= 11 is 0. The minimum Gasteiger partial charge on any atom is -0.376 e. The Morgan fingerprint density at radius 2 is 1.55 bits per heavy atom. The highest BCUT2D eigenvalue weighted by molar-refractivity contribution is 5.99. The van der Waals surface area contributed by atoms with E-state index in [4.69, 9.17) is 0 Å². The molecule has 0 bridgehead atoms. The average molecular weight is 303 g/mol. The first-order chi connectivity index (χ1) is 10.5. The van der Waals surface area contributed by atoms with E-state index in [-0.39, 0.29) is 24.1 Å². The molecule has 2 aromatic carbocycles. The molecule has 0 saturated heterocycles. The third-order valence-corrected chi connectivity index (χ3v) is 2.91. The van der Waals surface area contributed by atoms with Crippen molar-refractivity contribution in [1.82, 2.24) is 5.43 Å². The maximum atomic E-state index is 12.8. The molecule has 0 spiro atoms. The fraction of sp³-hybridized carbons (Fsp3) is 0.125. The Morgan fingerprint density at radius 1 is 1.00 bits per heavy atom.